The smallest absolute Gasteiger partial charge is 0.416 e. The highest BCUT2D eigenvalue weighted by Gasteiger charge is 2.32. The van der Waals surface area contributed by atoms with Crippen LogP contribution in [0.5, 0.6) is 5.75 Å². The Morgan fingerprint density at radius 1 is 1.30 bits per heavy atom. The van der Waals surface area contributed by atoms with Crippen molar-refractivity contribution in [1.29, 1.82) is 5.26 Å². The van der Waals surface area contributed by atoms with Gasteiger partial charge >= 0.3 is 6.18 Å². The molecular weight excluding hydrogens is 401 g/mol. The summed E-state index contributed by atoms with van der Waals surface area (Å²) in [7, 11) is 0. The summed E-state index contributed by atoms with van der Waals surface area (Å²) in [5, 5.41) is 25.2. The lowest BCUT2D eigenvalue weighted by atomic mass is 10.1. The largest absolute Gasteiger partial charge is 0.508 e. The Morgan fingerprint density at radius 3 is 2.63 bits per heavy atom. The fraction of sp³-hybridized carbons (Fsp3) is 0.211. The van der Waals surface area contributed by atoms with Crippen LogP contribution in [0.15, 0.2) is 36.5 Å². The molecule has 0 saturated carbocycles. The number of nitrogens with one attached hydrogen (secondary N) is 1. The number of benzene rings is 1. The number of aryl methyl sites for hydroxylation is 1. The van der Waals surface area contributed by atoms with Crippen molar-refractivity contribution in [1.82, 2.24) is 25.1 Å². The van der Waals surface area contributed by atoms with Crippen molar-refractivity contribution in [2.75, 3.05) is 0 Å². The number of aromatic hydroxyl groups is 1. The number of amides is 1. The van der Waals surface area contributed by atoms with E-state index < -0.39 is 29.4 Å². The van der Waals surface area contributed by atoms with Crippen molar-refractivity contribution in [2.45, 2.75) is 26.1 Å². The van der Waals surface area contributed by atoms with Crippen LogP contribution in [0.4, 0.5) is 13.2 Å². The monoisotopic (exact) mass is 416 g/mol. The highest BCUT2D eigenvalue weighted by molar-refractivity contribution is 5.95. The van der Waals surface area contributed by atoms with Crippen LogP contribution in [0.2, 0.25) is 0 Å². The lowest BCUT2D eigenvalue weighted by Crippen LogP contribution is -2.29. The lowest BCUT2D eigenvalue weighted by Gasteiger charge is -2.15. The maximum Gasteiger partial charge on any atom is 0.416 e. The summed E-state index contributed by atoms with van der Waals surface area (Å²) in [4.78, 5) is 20.9. The third-order valence-corrected chi connectivity index (χ3v) is 4.07. The molecule has 0 spiro atoms. The molecule has 2 N–H and O–H groups in total. The fourth-order valence-corrected chi connectivity index (χ4v) is 2.71. The zero-order valence-electron chi connectivity index (χ0n) is 15.8. The van der Waals surface area contributed by atoms with Gasteiger partial charge in [0.1, 0.15) is 17.6 Å². The molecule has 8 nitrogen and oxygen atoms in total. The second-order valence-electron chi connectivity index (χ2n) is 6.41. The van der Waals surface area contributed by atoms with Crippen LogP contribution in [-0.2, 0) is 6.18 Å². The minimum atomic E-state index is -4.71. The van der Waals surface area contributed by atoms with E-state index in [0.717, 1.165) is 6.07 Å². The number of hydrogen-bond donors (Lipinski definition) is 2. The molecule has 1 amide bonds. The van der Waals surface area contributed by atoms with Crippen LogP contribution in [0.25, 0.3) is 5.82 Å². The van der Waals surface area contributed by atoms with Gasteiger partial charge in [-0.15, -0.1) is 5.10 Å². The van der Waals surface area contributed by atoms with Gasteiger partial charge in [-0.25, -0.2) is 9.97 Å². The minimum Gasteiger partial charge on any atom is -0.508 e. The number of pyridine rings is 1. The summed E-state index contributed by atoms with van der Waals surface area (Å²) in [6.07, 6.45) is -3.36. The van der Waals surface area contributed by atoms with E-state index in [0.29, 0.717) is 29.3 Å². The summed E-state index contributed by atoms with van der Waals surface area (Å²) >= 11 is 0. The van der Waals surface area contributed by atoms with E-state index >= 15 is 0 Å². The van der Waals surface area contributed by atoms with Crippen molar-refractivity contribution >= 4 is 5.91 Å². The normalized spacial score (nSPS) is 12.3. The number of phenolic OH excluding ortho intramolecular Hbond substituents is 1. The molecule has 3 rings (SSSR count). The number of rotatable bonds is 4. The first-order valence-corrected chi connectivity index (χ1v) is 8.60. The van der Waals surface area contributed by atoms with Crippen molar-refractivity contribution in [2.24, 2.45) is 0 Å². The summed E-state index contributed by atoms with van der Waals surface area (Å²) in [5.74, 6) is -0.488. The number of nitriles is 1. The average molecular weight is 416 g/mol. The first-order valence-electron chi connectivity index (χ1n) is 8.60. The van der Waals surface area contributed by atoms with Gasteiger partial charge in [0.15, 0.2) is 11.6 Å². The second kappa shape index (κ2) is 7.82. The summed E-state index contributed by atoms with van der Waals surface area (Å²) in [6.45, 7) is 3.21. The zero-order chi connectivity index (χ0) is 22.1. The molecule has 1 aromatic carbocycles. The SMILES string of the molecule is Cc1nc(C(C)NC(=O)c2cc(O)cc(C(F)(F)F)c2)n(-c2ccc(C#N)cn2)n1. The van der Waals surface area contributed by atoms with Crippen LogP contribution in [-0.4, -0.2) is 30.8 Å². The molecule has 0 aliphatic heterocycles. The van der Waals surface area contributed by atoms with Crippen LogP contribution in [0.1, 0.15) is 46.1 Å². The number of carbonyl (C=O) groups is 1. The number of alkyl halides is 3. The van der Waals surface area contributed by atoms with Gasteiger partial charge in [-0.3, -0.25) is 4.79 Å². The predicted molar refractivity (Wildman–Crippen MR) is 97.6 cm³/mol. The van der Waals surface area contributed by atoms with Crippen LogP contribution in [0, 0.1) is 18.3 Å². The molecule has 1 atom stereocenters. The van der Waals surface area contributed by atoms with Crippen LogP contribution >= 0.6 is 0 Å². The molecule has 11 heteroatoms. The Labute approximate surface area is 168 Å². The van der Waals surface area contributed by atoms with E-state index in [-0.39, 0.29) is 11.4 Å². The maximum absolute atomic E-state index is 12.9. The Morgan fingerprint density at radius 2 is 2.03 bits per heavy atom. The Bertz CT molecular complexity index is 1130. The minimum absolute atomic E-state index is 0.286. The number of nitrogens with zero attached hydrogens (tertiary/aromatic N) is 5. The molecule has 30 heavy (non-hydrogen) atoms. The topological polar surface area (TPSA) is 117 Å². The standard InChI is InChI=1S/C19H15F3N6O2/c1-10(25-18(30)13-5-14(19(20,21)22)7-15(29)6-13)17-26-11(2)27-28(17)16-4-3-12(8-23)9-24-16/h3-7,9-10,29H,1-2H3,(H,25,30). The molecule has 2 aromatic heterocycles. The lowest BCUT2D eigenvalue weighted by molar-refractivity contribution is -0.137. The number of aromatic nitrogens is 4. The van der Waals surface area contributed by atoms with E-state index in [9.17, 15) is 23.1 Å². The molecule has 0 aliphatic rings. The van der Waals surface area contributed by atoms with Gasteiger partial charge in [-0.1, -0.05) is 0 Å². The van der Waals surface area contributed by atoms with Crippen molar-refractivity contribution < 1.29 is 23.1 Å². The third kappa shape index (κ3) is 4.38. The second-order valence-corrected chi connectivity index (χ2v) is 6.41. The first kappa shape index (κ1) is 20.8. The molecule has 1 unspecified atom stereocenters. The molecule has 0 fully saturated rings. The highest BCUT2D eigenvalue weighted by atomic mass is 19.4. The van der Waals surface area contributed by atoms with Crippen LogP contribution < -0.4 is 5.32 Å². The predicted octanol–water partition coefficient (Wildman–Crippen LogP) is 3.06. The molecular formula is C19H15F3N6O2. The maximum atomic E-state index is 12.9. The average Bonchev–Trinajstić information content (AvgIpc) is 3.08. The summed E-state index contributed by atoms with van der Waals surface area (Å²) in [5.41, 5.74) is -1.14. The van der Waals surface area contributed by atoms with Crippen LogP contribution in [0.3, 0.4) is 0 Å². The Kier molecular flexibility index (Phi) is 5.42. The number of hydrogen-bond acceptors (Lipinski definition) is 6. The summed E-state index contributed by atoms with van der Waals surface area (Å²) < 4.78 is 40.2. The number of halogens is 3. The molecule has 3 aromatic rings. The number of phenols is 1. The number of carbonyl (C=O) groups excluding carboxylic acids is 1. The molecule has 2 heterocycles. The first-order chi connectivity index (χ1) is 14.1. The molecule has 154 valence electrons. The van der Waals surface area contributed by atoms with Gasteiger partial charge in [0.25, 0.3) is 5.91 Å². The van der Waals surface area contributed by atoms with Gasteiger partial charge in [0.2, 0.25) is 0 Å². The Hall–Kier alpha value is -3.94. The van der Waals surface area contributed by atoms with Crippen molar-refractivity contribution in [3.63, 3.8) is 0 Å². The van der Waals surface area contributed by atoms with E-state index in [1.54, 1.807) is 19.9 Å². The van der Waals surface area contributed by atoms with Gasteiger partial charge < -0.3 is 10.4 Å². The molecule has 0 radical (unpaired) electrons. The third-order valence-electron chi connectivity index (χ3n) is 4.07. The Balaban J connectivity index is 1.88. The molecule has 0 bridgehead atoms. The van der Waals surface area contributed by atoms with Gasteiger partial charge in [0.05, 0.1) is 17.2 Å². The quantitative estimate of drug-likeness (QED) is 0.675. The zero-order valence-corrected chi connectivity index (χ0v) is 15.8. The van der Waals surface area contributed by atoms with Gasteiger partial charge in [-0.05, 0) is 44.2 Å². The van der Waals surface area contributed by atoms with E-state index in [2.05, 4.69) is 20.4 Å². The highest BCUT2D eigenvalue weighted by Crippen LogP contribution is 2.32. The van der Waals surface area contributed by atoms with Gasteiger partial charge in [0, 0.05) is 11.8 Å². The molecule has 0 aliphatic carbocycles. The van der Waals surface area contributed by atoms with E-state index in [4.69, 9.17) is 5.26 Å². The fourth-order valence-electron chi connectivity index (χ4n) is 2.71. The van der Waals surface area contributed by atoms with Gasteiger partial charge in [-0.2, -0.15) is 23.1 Å². The summed E-state index contributed by atoms with van der Waals surface area (Å²) in [6, 6.07) is 6.41. The van der Waals surface area contributed by atoms with Crippen molar-refractivity contribution in [3.05, 3.63) is 64.9 Å². The van der Waals surface area contributed by atoms with Crippen molar-refractivity contribution in [3.8, 4) is 17.6 Å². The van der Waals surface area contributed by atoms with E-state index in [1.165, 1.54) is 16.9 Å². The van der Waals surface area contributed by atoms with E-state index in [1.807, 2.05) is 6.07 Å². The molecule has 0 saturated heterocycles.